The maximum absolute atomic E-state index is 11.0. The van der Waals surface area contributed by atoms with Gasteiger partial charge in [0.05, 0.1) is 6.20 Å². The SMILES string of the molecule is CCc1ccc2ncc(C(N)=O)n2c1. The molecule has 0 saturated heterocycles. The largest absolute Gasteiger partial charge is 0.364 e. The van der Waals surface area contributed by atoms with Gasteiger partial charge in [0, 0.05) is 6.20 Å². The number of primary amides is 1. The molecule has 0 saturated carbocycles. The zero-order valence-electron chi connectivity index (χ0n) is 7.90. The standard InChI is InChI=1S/C10H11N3O/c1-2-7-3-4-9-12-5-8(10(11)14)13(9)6-7/h3-6H,2H2,1H3,(H2,11,14). The van der Waals surface area contributed by atoms with Crippen LogP contribution in [0.25, 0.3) is 5.65 Å². The van der Waals surface area contributed by atoms with Gasteiger partial charge < -0.3 is 5.73 Å². The number of hydrogen-bond donors (Lipinski definition) is 1. The smallest absolute Gasteiger partial charge is 0.267 e. The highest BCUT2D eigenvalue weighted by Gasteiger charge is 2.07. The van der Waals surface area contributed by atoms with E-state index in [4.69, 9.17) is 5.73 Å². The summed E-state index contributed by atoms with van der Waals surface area (Å²) in [6, 6.07) is 3.87. The molecule has 14 heavy (non-hydrogen) atoms. The molecule has 72 valence electrons. The van der Waals surface area contributed by atoms with Gasteiger partial charge in [-0.25, -0.2) is 4.98 Å². The van der Waals surface area contributed by atoms with Crippen molar-refractivity contribution in [1.82, 2.24) is 9.38 Å². The Morgan fingerprint density at radius 2 is 2.36 bits per heavy atom. The third-order valence-electron chi connectivity index (χ3n) is 2.23. The number of carbonyl (C=O) groups is 1. The van der Waals surface area contributed by atoms with Gasteiger partial charge in [-0.1, -0.05) is 13.0 Å². The Labute approximate surface area is 81.4 Å². The number of hydrogen-bond acceptors (Lipinski definition) is 2. The minimum absolute atomic E-state index is 0.426. The number of fused-ring (bicyclic) bond motifs is 1. The Morgan fingerprint density at radius 3 is 3.00 bits per heavy atom. The number of imidazole rings is 1. The first-order valence-corrected chi connectivity index (χ1v) is 4.48. The predicted octanol–water partition coefficient (Wildman–Crippen LogP) is 0.996. The Kier molecular flexibility index (Phi) is 1.96. The van der Waals surface area contributed by atoms with E-state index in [0.29, 0.717) is 5.69 Å². The van der Waals surface area contributed by atoms with E-state index in [0.717, 1.165) is 17.6 Å². The molecule has 0 spiro atoms. The van der Waals surface area contributed by atoms with Crippen LogP contribution in [0.4, 0.5) is 0 Å². The first-order chi connectivity index (χ1) is 6.72. The second-order valence-corrected chi connectivity index (χ2v) is 3.13. The van der Waals surface area contributed by atoms with Crippen molar-refractivity contribution in [3.05, 3.63) is 35.8 Å². The third-order valence-corrected chi connectivity index (χ3v) is 2.23. The van der Waals surface area contributed by atoms with E-state index in [1.54, 1.807) is 4.40 Å². The molecular weight excluding hydrogens is 178 g/mol. The van der Waals surface area contributed by atoms with E-state index < -0.39 is 5.91 Å². The normalized spacial score (nSPS) is 10.6. The van der Waals surface area contributed by atoms with Gasteiger partial charge in [-0.2, -0.15) is 0 Å². The summed E-state index contributed by atoms with van der Waals surface area (Å²) in [7, 11) is 0. The Balaban J connectivity index is 2.69. The van der Waals surface area contributed by atoms with Crippen LogP contribution in [0.2, 0.25) is 0 Å². The van der Waals surface area contributed by atoms with Crippen molar-refractivity contribution in [2.24, 2.45) is 5.73 Å². The van der Waals surface area contributed by atoms with Crippen LogP contribution >= 0.6 is 0 Å². The average Bonchev–Trinajstić information content (AvgIpc) is 2.59. The topological polar surface area (TPSA) is 60.4 Å². The molecule has 2 heterocycles. The maximum Gasteiger partial charge on any atom is 0.267 e. The fourth-order valence-electron chi connectivity index (χ4n) is 1.42. The highest BCUT2D eigenvalue weighted by atomic mass is 16.1. The zero-order chi connectivity index (χ0) is 10.1. The first-order valence-electron chi connectivity index (χ1n) is 4.48. The summed E-state index contributed by atoms with van der Waals surface area (Å²) in [5.74, 6) is -0.453. The Morgan fingerprint density at radius 1 is 1.57 bits per heavy atom. The van der Waals surface area contributed by atoms with Crippen LogP contribution in [0.15, 0.2) is 24.5 Å². The number of nitrogens with two attached hydrogens (primary N) is 1. The summed E-state index contributed by atoms with van der Waals surface area (Å²) < 4.78 is 1.72. The van der Waals surface area contributed by atoms with Crippen molar-refractivity contribution < 1.29 is 4.79 Å². The molecule has 4 heteroatoms. The van der Waals surface area contributed by atoms with Crippen LogP contribution in [0.5, 0.6) is 0 Å². The lowest BCUT2D eigenvalue weighted by Gasteiger charge is -2.00. The van der Waals surface area contributed by atoms with E-state index in [2.05, 4.69) is 11.9 Å². The lowest BCUT2D eigenvalue weighted by Crippen LogP contribution is -2.13. The van der Waals surface area contributed by atoms with Crippen molar-refractivity contribution in [3.8, 4) is 0 Å². The lowest BCUT2D eigenvalue weighted by atomic mass is 10.2. The van der Waals surface area contributed by atoms with Crippen LogP contribution in [-0.2, 0) is 6.42 Å². The van der Waals surface area contributed by atoms with Gasteiger partial charge in [-0.3, -0.25) is 9.20 Å². The van der Waals surface area contributed by atoms with Gasteiger partial charge in [0.1, 0.15) is 11.3 Å². The molecule has 0 atom stereocenters. The van der Waals surface area contributed by atoms with Crippen molar-refractivity contribution in [2.45, 2.75) is 13.3 Å². The highest BCUT2D eigenvalue weighted by molar-refractivity contribution is 5.91. The van der Waals surface area contributed by atoms with E-state index >= 15 is 0 Å². The Hall–Kier alpha value is -1.84. The molecule has 0 unspecified atom stereocenters. The number of rotatable bonds is 2. The lowest BCUT2D eigenvalue weighted by molar-refractivity contribution is 0.0995. The van der Waals surface area contributed by atoms with Crippen LogP contribution in [0.3, 0.4) is 0 Å². The number of nitrogens with zero attached hydrogens (tertiary/aromatic N) is 2. The van der Waals surface area contributed by atoms with Gasteiger partial charge in [0.2, 0.25) is 0 Å². The minimum atomic E-state index is -0.453. The third kappa shape index (κ3) is 1.25. The number of pyridine rings is 1. The van der Waals surface area contributed by atoms with Gasteiger partial charge in [0.25, 0.3) is 5.91 Å². The molecule has 2 aromatic heterocycles. The van der Waals surface area contributed by atoms with Crippen LogP contribution in [0, 0.1) is 0 Å². The molecule has 0 aliphatic carbocycles. The molecule has 1 amide bonds. The molecule has 0 bridgehead atoms. The summed E-state index contributed by atoms with van der Waals surface area (Å²) in [6.07, 6.45) is 4.31. The monoisotopic (exact) mass is 189 g/mol. The second-order valence-electron chi connectivity index (χ2n) is 3.13. The van der Waals surface area contributed by atoms with Crippen molar-refractivity contribution >= 4 is 11.6 Å². The van der Waals surface area contributed by atoms with Gasteiger partial charge >= 0.3 is 0 Å². The number of carbonyl (C=O) groups excluding carboxylic acids is 1. The first kappa shape index (κ1) is 8.74. The predicted molar refractivity (Wildman–Crippen MR) is 53.1 cm³/mol. The van der Waals surface area contributed by atoms with Gasteiger partial charge in [-0.15, -0.1) is 0 Å². The van der Waals surface area contributed by atoms with Gasteiger partial charge in [-0.05, 0) is 18.1 Å². The quantitative estimate of drug-likeness (QED) is 0.766. The number of aromatic nitrogens is 2. The second kappa shape index (κ2) is 3.14. The minimum Gasteiger partial charge on any atom is -0.364 e. The summed E-state index contributed by atoms with van der Waals surface area (Å²) in [6.45, 7) is 2.06. The molecule has 0 aromatic carbocycles. The van der Waals surface area contributed by atoms with E-state index in [-0.39, 0.29) is 0 Å². The van der Waals surface area contributed by atoms with E-state index in [1.165, 1.54) is 6.20 Å². The number of amides is 1. The summed E-state index contributed by atoms with van der Waals surface area (Å²) in [5.41, 5.74) is 7.54. The van der Waals surface area contributed by atoms with E-state index in [9.17, 15) is 4.79 Å². The molecular formula is C10H11N3O. The van der Waals surface area contributed by atoms with E-state index in [1.807, 2.05) is 18.3 Å². The number of aryl methyl sites for hydroxylation is 1. The maximum atomic E-state index is 11.0. The highest BCUT2D eigenvalue weighted by Crippen LogP contribution is 2.09. The summed E-state index contributed by atoms with van der Waals surface area (Å²) >= 11 is 0. The van der Waals surface area contributed by atoms with Crippen molar-refractivity contribution in [2.75, 3.05) is 0 Å². The summed E-state index contributed by atoms with van der Waals surface area (Å²) in [4.78, 5) is 15.1. The molecule has 4 nitrogen and oxygen atoms in total. The molecule has 0 aliphatic heterocycles. The Bertz CT molecular complexity index is 487. The van der Waals surface area contributed by atoms with Crippen molar-refractivity contribution in [1.29, 1.82) is 0 Å². The fraction of sp³-hybridized carbons (Fsp3) is 0.200. The molecule has 0 fully saturated rings. The van der Waals surface area contributed by atoms with Crippen LogP contribution in [0.1, 0.15) is 23.0 Å². The molecule has 0 aliphatic rings. The summed E-state index contributed by atoms with van der Waals surface area (Å²) in [5, 5.41) is 0. The fourth-order valence-corrected chi connectivity index (χ4v) is 1.42. The molecule has 2 N–H and O–H groups in total. The molecule has 2 rings (SSSR count). The molecule has 2 aromatic rings. The van der Waals surface area contributed by atoms with Crippen LogP contribution < -0.4 is 5.73 Å². The molecule has 0 radical (unpaired) electrons. The average molecular weight is 189 g/mol. The van der Waals surface area contributed by atoms with Crippen LogP contribution in [-0.4, -0.2) is 15.3 Å². The van der Waals surface area contributed by atoms with Gasteiger partial charge in [0.15, 0.2) is 0 Å². The zero-order valence-corrected chi connectivity index (χ0v) is 7.90. The van der Waals surface area contributed by atoms with Crippen molar-refractivity contribution in [3.63, 3.8) is 0 Å².